The lowest BCUT2D eigenvalue weighted by atomic mass is 10.1. The summed E-state index contributed by atoms with van der Waals surface area (Å²) < 4.78 is 0.902. The molecule has 2 N–H and O–H groups in total. The first-order valence-corrected chi connectivity index (χ1v) is 6.22. The van der Waals surface area contributed by atoms with Gasteiger partial charge in [0.25, 0.3) is 5.91 Å². The van der Waals surface area contributed by atoms with Crippen LogP contribution < -0.4 is 5.32 Å². The summed E-state index contributed by atoms with van der Waals surface area (Å²) in [7, 11) is 0. The SMILES string of the molecule is Cc1ccc(Br)cc1NC(=O)c1cccc(O)c1. The first-order valence-electron chi connectivity index (χ1n) is 5.43. The maximum absolute atomic E-state index is 12.0. The zero-order valence-electron chi connectivity index (χ0n) is 9.77. The number of rotatable bonds is 2. The molecule has 0 saturated heterocycles. The lowest BCUT2D eigenvalue weighted by Gasteiger charge is -2.09. The molecule has 0 unspecified atom stereocenters. The molecule has 0 fully saturated rings. The van der Waals surface area contributed by atoms with Crippen LogP contribution in [0.5, 0.6) is 5.75 Å². The minimum Gasteiger partial charge on any atom is -0.508 e. The summed E-state index contributed by atoms with van der Waals surface area (Å²) in [4.78, 5) is 12.0. The molecule has 0 saturated carbocycles. The molecule has 92 valence electrons. The Bertz CT molecular complexity index is 596. The van der Waals surface area contributed by atoms with Gasteiger partial charge in [0.15, 0.2) is 0 Å². The fraction of sp³-hybridized carbons (Fsp3) is 0.0714. The molecule has 0 atom stereocenters. The molecule has 0 spiro atoms. The normalized spacial score (nSPS) is 10.1. The van der Waals surface area contributed by atoms with Gasteiger partial charge in [-0.3, -0.25) is 4.79 Å². The van der Waals surface area contributed by atoms with E-state index >= 15 is 0 Å². The Morgan fingerprint density at radius 3 is 2.72 bits per heavy atom. The Morgan fingerprint density at radius 1 is 1.22 bits per heavy atom. The van der Waals surface area contributed by atoms with Gasteiger partial charge in [-0.25, -0.2) is 0 Å². The van der Waals surface area contributed by atoms with Crippen molar-refractivity contribution in [3.63, 3.8) is 0 Å². The molecule has 0 aliphatic heterocycles. The van der Waals surface area contributed by atoms with E-state index in [4.69, 9.17) is 0 Å². The molecule has 1 amide bonds. The van der Waals surface area contributed by atoms with Crippen LogP contribution in [-0.4, -0.2) is 11.0 Å². The highest BCUT2D eigenvalue weighted by Crippen LogP contribution is 2.21. The average Bonchev–Trinajstić information content (AvgIpc) is 2.34. The van der Waals surface area contributed by atoms with Gasteiger partial charge in [-0.1, -0.05) is 28.1 Å². The van der Waals surface area contributed by atoms with Crippen LogP contribution >= 0.6 is 15.9 Å². The van der Waals surface area contributed by atoms with Gasteiger partial charge in [0.1, 0.15) is 5.75 Å². The van der Waals surface area contributed by atoms with Gasteiger partial charge in [-0.05, 0) is 42.8 Å². The van der Waals surface area contributed by atoms with Gasteiger partial charge in [0.05, 0.1) is 0 Å². The van der Waals surface area contributed by atoms with Gasteiger partial charge < -0.3 is 10.4 Å². The van der Waals surface area contributed by atoms with Crippen LogP contribution in [0.15, 0.2) is 46.9 Å². The number of anilines is 1. The summed E-state index contributed by atoms with van der Waals surface area (Å²) in [5, 5.41) is 12.2. The third-order valence-corrected chi connectivity index (χ3v) is 3.05. The number of carbonyl (C=O) groups is 1. The van der Waals surface area contributed by atoms with Crippen LogP contribution in [0, 0.1) is 6.92 Å². The van der Waals surface area contributed by atoms with Crippen molar-refractivity contribution in [3.8, 4) is 5.75 Å². The number of amides is 1. The highest BCUT2D eigenvalue weighted by Gasteiger charge is 2.08. The summed E-state index contributed by atoms with van der Waals surface area (Å²) >= 11 is 3.36. The lowest BCUT2D eigenvalue weighted by Crippen LogP contribution is -2.12. The number of phenolic OH excluding ortho intramolecular Hbond substituents is 1. The average molecular weight is 306 g/mol. The van der Waals surface area contributed by atoms with E-state index in [0.717, 1.165) is 15.7 Å². The third kappa shape index (κ3) is 2.90. The molecule has 0 aliphatic carbocycles. The minimum atomic E-state index is -0.243. The van der Waals surface area contributed by atoms with E-state index < -0.39 is 0 Å². The lowest BCUT2D eigenvalue weighted by molar-refractivity contribution is 0.102. The molecule has 4 heteroatoms. The molecule has 2 aromatic carbocycles. The molecule has 0 aliphatic rings. The number of hydrogen-bond donors (Lipinski definition) is 2. The van der Waals surface area contributed by atoms with Crippen molar-refractivity contribution in [1.29, 1.82) is 0 Å². The van der Waals surface area contributed by atoms with Crippen molar-refractivity contribution >= 4 is 27.5 Å². The van der Waals surface area contributed by atoms with E-state index in [9.17, 15) is 9.90 Å². The predicted molar refractivity (Wildman–Crippen MR) is 74.9 cm³/mol. The maximum atomic E-state index is 12.0. The number of carbonyl (C=O) groups excluding carboxylic acids is 1. The maximum Gasteiger partial charge on any atom is 0.255 e. The number of phenols is 1. The highest BCUT2D eigenvalue weighted by atomic mass is 79.9. The second kappa shape index (κ2) is 5.23. The Kier molecular flexibility index (Phi) is 3.67. The topological polar surface area (TPSA) is 49.3 Å². The summed E-state index contributed by atoms with van der Waals surface area (Å²) in [6, 6.07) is 11.9. The van der Waals surface area contributed by atoms with E-state index in [1.165, 1.54) is 12.1 Å². The zero-order valence-corrected chi connectivity index (χ0v) is 11.4. The fourth-order valence-corrected chi connectivity index (χ4v) is 1.93. The van der Waals surface area contributed by atoms with Crippen LogP contribution in [0.4, 0.5) is 5.69 Å². The zero-order chi connectivity index (χ0) is 13.1. The third-order valence-electron chi connectivity index (χ3n) is 2.56. The summed E-state index contributed by atoms with van der Waals surface area (Å²) in [5.74, 6) is -0.166. The van der Waals surface area contributed by atoms with Gasteiger partial charge in [0, 0.05) is 15.7 Å². The van der Waals surface area contributed by atoms with Gasteiger partial charge in [-0.15, -0.1) is 0 Å². The van der Waals surface area contributed by atoms with Crippen LogP contribution in [0.1, 0.15) is 15.9 Å². The van der Waals surface area contributed by atoms with Gasteiger partial charge in [0.2, 0.25) is 0 Å². The Labute approximate surface area is 114 Å². The molecule has 2 aromatic rings. The Morgan fingerprint density at radius 2 is 2.00 bits per heavy atom. The van der Waals surface area contributed by atoms with E-state index in [0.29, 0.717) is 5.56 Å². The molecule has 0 heterocycles. The molecule has 0 aromatic heterocycles. The van der Waals surface area contributed by atoms with Gasteiger partial charge in [-0.2, -0.15) is 0 Å². The number of aryl methyl sites for hydroxylation is 1. The number of benzene rings is 2. The molecular formula is C14H12BrNO2. The molecule has 0 bridgehead atoms. The van der Waals surface area contributed by atoms with Crippen LogP contribution in [-0.2, 0) is 0 Å². The summed E-state index contributed by atoms with van der Waals surface area (Å²) in [5.41, 5.74) is 2.15. The first kappa shape index (κ1) is 12.6. The predicted octanol–water partition coefficient (Wildman–Crippen LogP) is 3.72. The number of halogens is 1. The van der Waals surface area contributed by atoms with Crippen molar-refractivity contribution in [2.45, 2.75) is 6.92 Å². The van der Waals surface area contributed by atoms with E-state index in [1.807, 2.05) is 25.1 Å². The molecule has 3 nitrogen and oxygen atoms in total. The largest absolute Gasteiger partial charge is 0.508 e. The standard InChI is InChI=1S/C14H12BrNO2/c1-9-5-6-11(15)8-13(9)16-14(18)10-3-2-4-12(17)7-10/h2-8,17H,1H3,(H,16,18). The van der Waals surface area contributed by atoms with Crippen molar-refractivity contribution in [1.82, 2.24) is 0 Å². The molecular weight excluding hydrogens is 294 g/mol. The van der Waals surface area contributed by atoms with Crippen molar-refractivity contribution in [3.05, 3.63) is 58.1 Å². The number of hydrogen-bond acceptors (Lipinski definition) is 2. The second-order valence-corrected chi connectivity index (χ2v) is 4.88. The highest BCUT2D eigenvalue weighted by molar-refractivity contribution is 9.10. The quantitative estimate of drug-likeness (QED) is 0.888. The number of aromatic hydroxyl groups is 1. The smallest absolute Gasteiger partial charge is 0.255 e. The second-order valence-electron chi connectivity index (χ2n) is 3.96. The van der Waals surface area contributed by atoms with Crippen molar-refractivity contribution in [2.75, 3.05) is 5.32 Å². The minimum absolute atomic E-state index is 0.0774. The van der Waals surface area contributed by atoms with E-state index in [2.05, 4.69) is 21.2 Å². The van der Waals surface area contributed by atoms with Crippen LogP contribution in [0.3, 0.4) is 0 Å². The molecule has 18 heavy (non-hydrogen) atoms. The van der Waals surface area contributed by atoms with Crippen LogP contribution in [0.2, 0.25) is 0 Å². The summed E-state index contributed by atoms with van der Waals surface area (Å²) in [6.07, 6.45) is 0. The summed E-state index contributed by atoms with van der Waals surface area (Å²) in [6.45, 7) is 1.92. The van der Waals surface area contributed by atoms with Crippen LogP contribution in [0.25, 0.3) is 0 Å². The Hall–Kier alpha value is -1.81. The first-order chi connectivity index (χ1) is 8.56. The van der Waals surface area contributed by atoms with Crippen molar-refractivity contribution < 1.29 is 9.90 Å². The molecule has 0 radical (unpaired) electrons. The Balaban J connectivity index is 2.24. The number of nitrogens with one attached hydrogen (secondary N) is 1. The van der Waals surface area contributed by atoms with Crippen molar-refractivity contribution in [2.24, 2.45) is 0 Å². The van der Waals surface area contributed by atoms with E-state index in [1.54, 1.807) is 12.1 Å². The monoisotopic (exact) mass is 305 g/mol. The fourth-order valence-electron chi connectivity index (χ4n) is 1.57. The van der Waals surface area contributed by atoms with E-state index in [-0.39, 0.29) is 11.7 Å². The van der Waals surface area contributed by atoms with Gasteiger partial charge >= 0.3 is 0 Å². The molecule has 2 rings (SSSR count).